The molecule has 0 spiro atoms. The summed E-state index contributed by atoms with van der Waals surface area (Å²) in [6.45, 7) is 4.37. The van der Waals surface area contributed by atoms with Crippen molar-refractivity contribution in [3.8, 4) is 11.5 Å². The molecule has 1 amide bonds. The lowest BCUT2D eigenvalue weighted by Crippen LogP contribution is -2.12. The first-order valence-corrected chi connectivity index (χ1v) is 8.34. The Kier molecular flexibility index (Phi) is 5.73. The van der Waals surface area contributed by atoms with Crippen LogP contribution in [0, 0.1) is 0 Å². The standard InChI is InChI=1S/C14H16BrN3O3S/c1-4-11-17-18-14(22-11)16-13(19)8-6-9(15)12(21-5-2)10(7-8)20-3/h6-7H,4-5H2,1-3H3,(H,16,18,19). The van der Waals surface area contributed by atoms with Crippen LogP contribution >= 0.6 is 27.3 Å². The lowest BCUT2D eigenvalue weighted by Gasteiger charge is -2.12. The Bertz CT molecular complexity index is 675. The van der Waals surface area contributed by atoms with Gasteiger partial charge in [-0.25, -0.2) is 0 Å². The zero-order valence-electron chi connectivity index (χ0n) is 12.5. The zero-order valence-corrected chi connectivity index (χ0v) is 14.9. The highest BCUT2D eigenvalue weighted by Crippen LogP contribution is 2.36. The Morgan fingerprint density at radius 1 is 1.36 bits per heavy atom. The van der Waals surface area contributed by atoms with Gasteiger partial charge in [0.15, 0.2) is 11.5 Å². The van der Waals surface area contributed by atoms with Crippen molar-refractivity contribution in [1.29, 1.82) is 0 Å². The summed E-state index contributed by atoms with van der Waals surface area (Å²) < 4.78 is 11.4. The number of anilines is 1. The minimum atomic E-state index is -0.277. The van der Waals surface area contributed by atoms with Gasteiger partial charge in [0, 0.05) is 5.56 Å². The molecule has 0 saturated heterocycles. The molecule has 0 aliphatic rings. The lowest BCUT2D eigenvalue weighted by atomic mass is 10.2. The Balaban J connectivity index is 2.24. The molecular formula is C14H16BrN3O3S. The summed E-state index contributed by atoms with van der Waals surface area (Å²) in [5, 5.41) is 12.0. The number of hydrogen-bond acceptors (Lipinski definition) is 6. The molecule has 0 atom stereocenters. The van der Waals surface area contributed by atoms with E-state index in [2.05, 4.69) is 31.4 Å². The molecule has 0 radical (unpaired) electrons. The number of halogens is 1. The van der Waals surface area contributed by atoms with Crippen molar-refractivity contribution in [2.24, 2.45) is 0 Å². The molecule has 1 aromatic carbocycles. The average Bonchev–Trinajstić information content (AvgIpc) is 2.96. The van der Waals surface area contributed by atoms with Crippen molar-refractivity contribution in [3.63, 3.8) is 0 Å². The summed E-state index contributed by atoms with van der Waals surface area (Å²) in [7, 11) is 1.53. The number of carbonyl (C=O) groups is 1. The van der Waals surface area contributed by atoms with Crippen molar-refractivity contribution < 1.29 is 14.3 Å². The van der Waals surface area contributed by atoms with Crippen molar-refractivity contribution in [2.75, 3.05) is 19.0 Å². The van der Waals surface area contributed by atoms with Crippen molar-refractivity contribution in [1.82, 2.24) is 10.2 Å². The monoisotopic (exact) mass is 385 g/mol. The minimum absolute atomic E-state index is 0.277. The molecule has 2 aromatic rings. The third kappa shape index (κ3) is 3.75. The highest BCUT2D eigenvalue weighted by molar-refractivity contribution is 9.10. The summed E-state index contributed by atoms with van der Waals surface area (Å²) in [4.78, 5) is 12.3. The maximum absolute atomic E-state index is 12.3. The third-order valence-electron chi connectivity index (χ3n) is 2.77. The lowest BCUT2D eigenvalue weighted by molar-refractivity contribution is 0.102. The number of methoxy groups -OCH3 is 1. The van der Waals surface area contributed by atoms with Gasteiger partial charge in [0.2, 0.25) is 5.13 Å². The van der Waals surface area contributed by atoms with E-state index >= 15 is 0 Å². The van der Waals surface area contributed by atoms with Gasteiger partial charge in [-0.2, -0.15) is 0 Å². The molecule has 0 aliphatic carbocycles. The number of benzene rings is 1. The van der Waals surface area contributed by atoms with E-state index in [1.165, 1.54) is 18.4 Å². The fourth-order valence-corrected chi connectivity index (χ4v) is 2.98. The van der Waals surface area contributed by atoms with E-state index in [1.54, 1.807) is 12.1 Å². The second-order valence-electron chi connectivity index (χ2n) is 4.23. The van der Waals surface area contributed by atoms with Gasteiger partial charge in [-0.1, -0.05) is 18.3 Å². The van der Waals surface area contributed by atoms with Crippen LogP contribution in [0.25, 0.3) is 0 Å². The number of rotatable bonds is 6. The fourth-order valence-electron chi connectivity index (χ4n) is 1.75. The summed E-state index contributed by atoms with van der Waals surface area (Å²) >= 11 is 4.76. The Labute approximate surface area is 141 Å². The van der Waals surface area contributed by atoms with E-state index in [4.69, 9.17) is 9.47 Å². The second kappa shape index (κ2) is 7.55. The second-order valence-corrected chi connectivity index (χ2v) is 6.15. The van der Waals surface area contributed by atoms with E-state index in [1.807, 2.05) is 13.8 Å². The molecule has 2 rings (SSSR count). The molecule has 0 unspecified atom stereocenters. The minimum Gasteiger partial charge on any atom is -0.493 e. The van der Waals surface area contributed by atoms with Crippen LogP contribution in [-0.4, -0.2) is 29.8 Å². The van der Waals surface area contributed by atoms with Crippen molar-refractivity contribution in [3.05, 3.63) is 27.2 Å². The van der Waals surface area contributed by atoms with Gasteiger partial charge >= 0.3 is 0 Å². The van der Waals surface area contributed by atoms with E-state index in [0.717, 1.165) is 11.4 Å². The molecule has 8 heteroatoms. The first kappa shape index (κ1) is 16.7. The number of amides is 1. The van der Waals surface area contributed by atoms with Crippen LogP contribution in [0.2, 0.25) is 0 Å². The number of nitrogens with one attached hydrogen (secondary N) is 1. The summed E-state index contributed by atoms with van der Waals surface area (Å²) in [5.41, 5.74) is 0.445. The van der Waals surface area contributed by atoms with E-state index in [9.17, 15) is 4.79 Å². The molecule has 0 bridgehead atoms. The number of nitrogens with zero attached hydrogens (tertiary/aromatic N) is 2. The predicted octanol–water partition coefficient (Wildman–Crippen LogP) is 3.52. The topological polar surface area (TPSA) is 73.3 Å². The maximum atomic E-state index is 12.3. The van der Waals surface area contributed by atoms with E-state index in [0.29, 0.717) is 33.3 Å². The summed E-state index contributed by atoms with van der Waals surface area (Å²) in [6, 6.07) is 3.32. The molecule has 0 fully saturated rings. The molecule has 0 aliphatic heterocycles. The molecular weight excluding hydrogens is 370 g/mol. The van der Waals surface area contributed by atoms with Gasteiger partial charge < -0.3 is 9.47 Å². The average molecular weight is 386 g/mol. The number of aryl methyl sites for hydroxylation is 1. The van der Waals surface area contributed by atoms with Crippen molar-refractivity contribution >= 4 is 38.3 Å². The SMILES string of the molecule is CCOc1c(Br)cc(C(=O)Nc2nnc(CC)s2)cc1OC. The highest BCUT2D eigenvalue weighted by atomic mass is 79.9. The molecule has 118 valence electrons. The number of ether oxygens (including phenoxy) is 2. The van der Waals surface area contributed by atoms with Crippen LogP contribution in [0.4, 0.5) is 5.13 Å². The quantitative estimate of drug-likeness (QED) is 0.823. The van der Waals surface area contributed by atoms with Crippen LogP contribution in [0.3, 0.4) is 0 Å². The first-order valence-electron chi connectivity index (χ1n) is 6.73. The number of carbonyl (C=O) groups excluding carboxylic acids is 1. The molecule has 6 nitrogen and oxygen atoms in total. The fraction of sp³-hybridized carbons (Fsp3) is 0.357. The van der Waals surface area contributed by atoms with Crippen LogP contribution in [0.15, 0.2) is 16.6 Å². The molecule has 0 saturated carbocycles. The Morgan fingerprint density at radius 2 is 2.14 bits per heavy atom. The van der Waals surface area contributed by atoms with Gasteiger partial charge in [-0.05, 0) is 41.4 Å². The maximum Gasteiger partial charge on any atom is 0.257 e. The first-order chi connectivity index (χ1) is 10.6. The van der Waals surface area contributed by atoms with Crippen LogP contribution in [0.5, 0.6) is 11.5 Å². The largest absolute Gasteiger partial charge is 0.493 e. The van der Waals surface area contributed by atoms with Gasteiger partial charge in [0.25, 0.3) is 5.91 Å². The smallest absolute Gasteiger partial charge is 0.257 e. The van der Waals surface area contributed by atoms with Crippen molar-refractivity contribution in [2.45, 2.75) is 20.3 Å². The Morgan fingerprint density at radius 3 is 2.73 bits per heavy atom. The van der Waals surface area contributed by atoms with Gasteiger partial charge in [0.1, 0.15) is 5.01 Å². The molecule has 22 heavy (non-hydrogen) atoms. The van der Waals surface area contributed by atoms with Gasteiger partial charge in [-0.3, -0.25) is 10.1 Å². The number of aromatic nitrogens is 2. The highest BCUT2D eigenvalue weighted by Gasteiger charge is 2.16. The molecule has 1 N–H and O–H groups in total. The number of hydrogen-bond donors (Lipinski definition) is 1. The van der Waals surface area contributed by atoms with Crippen LogP contribution < -0.4 is 14.8 Å². The van der Waals surface area contributed by atoms with E-state index < -0.39 is 0 Å². The van der Waals surface area contributed by atoms with Crippen LogP contribution in [0.1, 0.15) is 29.2 Å². The summed E-state index contributed by atoms with van der Waals surface area (Å²) in [5.74, 6) is 0.791. The normalized spacial score (nSPS) is 10.4. The third-order valence-corrected chi connectivity index (χ3v) is 4.34. The van der Waals surface area contributed by atoms with Gasteiger partial charge in [0.05, 0.1) is 18.2 Å². The molecule has 1 aromatic heterocycles. The van der Waals surface area contributed by atoms with Gasteiger partial charge in [-0.15, -0.1) is 10.2 Å². The molecule has 1 heterocycles. The summed E-state index contributed by atoms with van der Waals surface area (Å²) in [6.07, 6.45) is 0.788. The predicted molar refractivity (Wildman–Crippen MR) is 89.1 cm³/mol. The zero-order chi connectivity index (χ0) is 16.1. The van der Waals surface area contributed by atoms with Crippen LogP contribution in [-0.2, 0) is 6.42 Å². The Hall–Kier alpha value is -1.67. The van der Waals surface area contributed by atoms with E-state index in [-0.39, 0.29) is 5.91 Å².